The first-order valence-electron chi connectivity index (χ1n) is 10.1. The van der Waals surface area contributed by atoms with E-state index in [0.29, 0.717) is 18.8 Å². The van der Waals surface area contributed by atoms with E-state index in [0.717, 1.165) is 22.5 Å². The number of carbonyl (C=O) groups excluding carboxylic acids is 1. The monoisotopic (exact) mass is 412 g/mol. The highest BCUT2D eigenvalue weighted by atomic mass is 16.2. The largest absolute Gasteiger partial charge is 0.310 e. The molecule has 0 unspecified atom stereocenters. The van der Waals surface area contributed by atoms with Crippen LogP contribution in [0.4, 0.5) is 5.82 Å². The summed E-state index contributed by atoms with van der Waals surface area (Å²) < 4.78 is 1.67. The Labute approximate surface area is 181 Å². The lowest BCUT2D eigenvalue weighted by Crippen LogP contribution is -2.42. The standard InChI is InChI=1S/C24H24N6O/c1-30-23(16-21(29-30)19-10-13-25-14-11-19)28-24(31)22(15-18-7-3-2-4-8-18)27-17-20-9-5-6-12-26-20/h2-14,16,22,27H,15,17H2,1H3,(H,28,31)/t22-/m0/s1. The molecule has 7 heteroatoms. The van der Waals surface area contributed by atoms with Gasteiger partial charge in [0, 0.05) is 43.8 Å². The highest BCUT2D eigenvalue weighted by Crippen LogP contribution is 2.20. The Morgan fingerprint density at radius 1 is 1.00 bits per heavy atom. The number of carbonyl (C=O) groups is 1. The molecule has 0 spiro atoms. The molecular formula is C24H24N6O. The molecule has 4 rings (SSSR count). The van der Waals surface area contributed by atoms with Gasteiger partial charge in [0.1, 0.15) is 5.82 Å². The fourth-order valence-corrected chi connectivity index (χ4v) is 3.30. The van der Waals surface area contributed by atoms with E-state index < -0.39 is 6.04 Å². The second kappa shape index (κ2) is 9.77. The highest BCUT2D eigenvalue weighted by Gasteiger charge is 2.20. The van der Waals surface area contributed by atoms with Crippen LogP contribution in [0.1, 0.15) is 11.3 Å². The zero-order chi connectivity index (χ0) is 21.5. The van der Waals surface area contributed by atoms with Crippen molar-refractivity contribution in [1.29, 1.82) is 0 Å². The maximum Gasteiger partial charge on any atom is 0.243 e. The van der Waals surface area contributed by atoms with Gasteiger partial charge in [0.15, 0.2) is 0 Å². The Morgan fingerprint density at radius 3 is 2.52 bits per heavy atom. The number of pyridine rings is 2. The predicted molar refractivity (Wildman–Crippen MR) is 120 cm³/mol. The third-order valence-corrected chi connectivity index (χ3v) is 4.96. The van der Waals surface area contributed by atoms with Gasteiger partial charge >= 0.3 is 0 Å². The lowest BCUT2D eigenvalue weighted by molar-refractivity contribution is -0.118. The number of hydrogen-bond donors (Lipinski definition) is 2. The predicted octanol–water partition coefficient (Wildman–Crippen LogP) is 3.22. The summed E-state index contributed by atoms with van der Waals surface area (Å²) in [5.74, 6) is 0.513. The van der Waals surface area contributed by atoms with Crippen molar-refractivity contribution in [2.75, 3.05) is 5.32 Å². The molecule has 1 atom stereocenters. The average Bonchev–Trinajstić information content (AvgIpc) is 3.18. The van der Waals surface area contributed by atoms with Gasteiger partial charge in [-0.3, -0.25) is 24.8 Å². The summed E-state index contributed by atoms with van der Waals surface area (Å²) in [4.78, 5) is 21.6. The zero-order valence-electron chi connectivity index (χ0n) is 17.3. The van der Waals surface area contributed by atoms with Crippen molar-refractivity contribution in [3.05, 3.63) is 96.6 Å². The molecule has 156 valence electrons. The van der Waals surface area contributed by atoms with Crippen molar-refractivity contribution < 1.29 is 4.79 Å². The number of aromatic nitrogens is 4. The lowest BCUT2D eigenvalue weighted by Gasteiger charge is -2.18. The Bertz CT molecular complexity index is 1110. The van der Waals surface area contributed by atoms with Gasteiger partial charge in [-0.15, -0.1) is 0 Å². The topological polar surface area (TPSA) is 84.7 Å². The van der Waals surface area contributed by atoms with Gasteiger partial charge in [0.25, 0.3) is 0 Å². The third kappa shape index (κ3) is 5.40. The van der Waals surface area contributed by atoms with Crippen molar-refractivity contribution in [3.63, 3.8) is 0 Å². The van der Waals surface area contributed by atoms with Crippen LogP contribution < -0.4 is 10.6 Å². The summed E-state index contributed by atoms with van der Waals surface area (Å²) in [5.41, 5.74) is 3.69. The van der Waals surface area contributed by atoms with Crippen LogP contribution in [0.2, 0.25) is 0 Å². The molecular weight excluding hydrogens is 388 g/mol. The maximum atomic E-state index is 13.2. The minimum absolute atomic E-state index is 0.121. The molecule has 0 aliphatic heterocycles. The van der Waals surface area contributed by atoms with Crippen LogP contribution in [0.15, 0.2) is 85.3 Å². The van der Waals surface area contributed by atoms with Gasteiger partial charge in [-0.2, -0.15) is 5.10 Å². The first kappa shape index (κ1) is 20.4. The Balaban J connectivity index is 1.50. The summed E-state index contributed by atoms with van der Waals surface area (Å²) in [6.07, 6.45) is 5.76. The first-order chi connectivity index (χ1) is 15.2. The molecule has 1 amide bonds. The quantitative estimate of drug-likeness (QED) is 0.464. The van der Waals surface area contributed by atoms with Crippen molar-refractivity contribution >= 4 is 11.7 Å². The van der Waals surface area contributed by atoms with E-state index in [4.69, 9.17) is 0 Å². The molecule has 0 bridgehead atoms. The number of hydrogen-bond acceptors (Lipinski definition) is 5. The summed E-state index contributed by atoms with van der Waals surface area (Å²) in [5, 5.41) is 10.9. The van der Waals surface area contributed by atoms with Gasteiger partial charge in [-0.1, -0.05) is 36.4 Å². The number of aryl methyl sites for hydroxylation is 1. The van der Waals surface area contributed by atoms with Crippen molar-refractivity contribution in [2.45, 2.75) is 19.0 Å². The van der Waals surface area contributed by atoms with Crippen molar-refractivity contribution in [3.8, 4) is 11.3 Å². The smallest absolute Gasteiger partial charge is 0.243 e. The van der Waals surface area contributed by atoms with Crippen LogP contribution in [0.25, 0.3) is 11.3 Å². The molecule has 1 aromatic carbocycles. The molecule has 2 N–H and O–H groups in total. The number of nitrogens with one attached hydrogen (secondary N) is 2. The fourth-order valence-electron chi connectivity index (χ4n) is 3.30. The normalized spacial score (nSPS) is 11.8. The fraction of sp³-hybridized carbons (Fsp3) is 0.167. The SMILES string of the molecule is Cn1nc(-c2ccncc2)cc1NC(=O)[C@H](Cc1ccccc1)NCc1ccccn1. The molecule has 0 saturated heterocycles. The molecule has 0 saturated carbocycles. The van der Waals surface area contributed by atoms with E-state index in [1.165, 1.54) is 0 Å². The number of benzene rings is 1. The second-order valence-corrected chi connectivity index (χ2v) is 7.21. The van der Waals surface area contributed by atoms with Crippen molar-refractivity contribution in [2.24, 2.45) is 7.05 Å². The molecule has 0 fully saturated rings. The lowest BCUT2D eigenvalue weighted by atomic mass is 10.1. The minimum Gasteiger partial charge on any atom is -0.310 e. The molecule has 0 radical (unpaired) electrons. The van der Waals surface area contributed by atoms with Crippen LogP contribution in [-0.4, -0.2) is 31.7 Å². The van der Waals surface area contributed by atoms with Crippen molar-refractivity contribution in [1.82, 2.24) is 25.1 Å². The summed E-state index contributed by atoms with van der Waals surface area (Å²) in [7, 11) is 1.81. The number of rotatable bonds is 8. The van der Waals surface area contributed by atoms with E-state index >= 15 is 0 Å². The van der Waals surface area contributed by atoms with E-state index in [9.17, 15) is 4.79 Å². The number of nitrogens with zero attached hydrogens (tertiary/aromatic N) is 4. The van der Waals surface area contributed by atoms with Gasteiger partial charge in [-0.25, -0.2) is 0 Å². The number of amides is 1. The van der Waals surface area contributed by atoms with E-state index in [-0.39, 0.29) is 5.91 Å². The van der Waals surface area contributed by atoms with E-state index in [1.54, 1.807) is 23.3 Å². The second-order valence-electron chi connectivity index (χ2n) is 7.21. The van der Waals surface area contributed by atoms with Gasteiger partial charge < -0.3 is 5.32 Å². The van der Waals surface area contributed by atoms with E-state index in [1.807, 2.05) is 73.8 Å². The Hall–Kier alpha value is -3.84. The molecule has 7 nitrogen and oxygen atoms in total. The highest BCUT2D eigenvalue weighted by molar-refractivity contribution is 5.94. The van der Waals surface area contributed by atoms with Gasteiger partial charge in [0.2, 0.25) is 5.91 Å². The van der Waals surface area contributed by atoms with Crippen LogP contribution in [-0.2, 0) is 24.8 Å². The van der Waals surface area contributed by atoms with Gasteiger partial charge in [0.05, 0.1) is 17.4 Å². The van der Waals surface area contributed by atoms with Crippen LogP contribution in [0, 0.1) is 0 Å². The van der Waals surface area contributed by atoms with E-state index in [2.05, 4.69) is 25.7 Å². The molecule has 31 heavy (non-hydrogen) atoms. The third-order valence-electron chi connectivity index (χ3n) is 4.96. The Kier molecular flexibility index (Phi) is 6.44. The Morgan fingerprint density at radius 2 is 1.77 bits per heavy atom. The van der Waals surface area contributed by atoms with Crippen LogP contribution in [0.3, 0.4) is 0 Å². The zero-order valence-corrected chi connectivity index (χ0v) is 17.3. The maximum absolute atomic E-state index is 13.2. The molecule has 3 aromatic heterocycles. The molecule has 0 aliphatic rings. The van der Waals surface area contributed by atoms with Gasteiger partial charge in [-0.05, 0) is 36.2 Å². The first-order valence-corrected chi connectivity index (χ1v) is 10.1. The minimum atomic E-state index is -0.427. The summed E-state index contributed by atoms with van der Waals surface area (Å²) >= 11 is 0. The van der Waals surface area contributed by atoms with Crippen LogP contribution >= 0.6 is 0 Å². The molecule has 0 aliphatic carbocycles. The molecule has 4 aromatic rings. The number of anilines is 1. The molecule has 3 heterocycles. The average molecular weight is 412 g/mol. The summed E-state index contributed by atoms with van der Waals surface area (Å²) in [6.45, 7) is 0.499. The van der Waals surface area contributed by atoms with Crippen LogP contribution in [0.5, 0.6) is 0 Å². The summed E-state index contributed by atoms with van der Waals surface area (Å²) in [6, 6.07) is 20.9.